The van der Waals surface area contributed by atoms with Gasteiger partial charge in [0.1, 0.15) is 0 Å². The first-order valence-corrected chi connectivity index (χ1v) is 5.57. The summed E-state index contributed by atoms with van der Waals surface area (Å²) in [5.74, 6) is 0. The van der Waals surface area contributed by atoms with Crippen molar-refractivity contribution >= 4 is 0 Å². The first kappa shape index (κ1) is 13.7. The monoisotopic (exact) mass is 198 g/mol. The average molecular weight is 198 g/mol. The van der Waals surface area contributed by atoms with E-state index in [1.54, 1.807) is 0 Å². The van der Waals surface area contributed by atoms with Gasteiger partial charge in [-0.15, -0.1) is 0 Å². The Morgan fingerprint density at radius 2 is 1.07 bits per heavy atom. The second-order valence-electron chi connectivity index (χ2n) is 4.36. The van der Waals surface area contributed by atoms with E-state index in [0.717, 1.165) is 0 Å². The van der Waals surface area contributed by atoms with Crippen molar-refractivity contribution in [3.05, 3.63) is 12.2 Å². The molecule has 0 aromatic heterocycles. The predicted molar refractivity (Wildman–Crippen MR) is 64.7 cm³/mol. The third-order valence-corrected chi connectivity index (χ3v) is 2.12. The zero-order chi connectivity index (χ0) is 10.8. The minimum atomic E-state index is 1.20. The third-order valence-electron chi connectivity index (χ3n) is 2.12. The molecule has 0 saturated heterocycles. The first-order valence-electron chi connectivity index (χ1n) is 5.57. The molecule has 0 N–H and O–H groups in total. The second kappa shape index (κ2) is 9.22. The molecular weight excluding hydrogens is 172 g/mol. The maximum atomic E-state index is 2.32. The first-order chi connectivity index (χ1) is 6.63. The molecule has 2 nitrogen and oxygen atoms in total. The SMILES string of the molecule is CN(C)CCCC=CCCCN(C)C. The van der Waals surface area contributed by atoms with Crippen LogP contribution in [0, 0.1) is 0 Å². The third kappa shape index (κ3) is 11.7. The maximum Gasteiger partial charge on any atom is -0.00219 e. The van der Waals surface area contributed by atoms with Gasteiger partial charge in [-0.3, -0.25) is 0 Å². The van der Waals surface area contributed by atoms with Crippen molar-refractivity contribution in [2.24, 2.45) is 0 Å². The summed E-state index contributed by atoms with van der Waals surface area (Å²) in [6.07, 6.45) is 9.63. The Morgan fingerprint density at radius 1 is 0.714 bits per heavy atom. The summed E-state index contributed by atoms with van der Waals surface area (Å²) in [4.78, 5) is 4.47. The molecule has 2 heteroatoms. The number of hydrogen-bond donors (Lipinski definition) is 0. The van der Waals surface area contributed by atoms with E-state index in [1.807, 2.05) is 0 Å². The zero-order valence-corrected chi connectivity index (χ0v) is 10.3. The van der Waals surface area contributed by atoms with Crippen LogP contribution in [0.3, 0.4) is 0 Å². The van der Waals surface area contributed by atoms with E-state index in [1.165, 1.54) is 38.8 Å². The molecule has 0 atom stereocenters. The summed E-state index contributed by atoms with van der Waals surface area (Å²) < 4.78 is 0. The molecule has 0 aromatic carbocycles. The molecular formula is C12H26N2. The van der Waals surface area contributed by atoms with Crippen LogP contribution < -0.4 is 0 Å². The van der Waals surface area contributed by atoms with Gasteiger partial charge in [0.15, 0.2) is 0 Å². The average Bonchev–Trinajstić information content (AvgIpc) is 2.08. The van der Waals surface area contributed by atoms with Crippen LogP contribution in [0.15, 0.2) is 12.2 Å². The largest absolute Gasteiger partial charge is 0.309 e. The Labute approximate surface area is 89.6 Å². The summed E-state index contributed by atoms with van der Waals surface area (Å²) in [5, 5.41) is 0. The Hall–Kier alpha value is -0.340. The van der Waals surface area contributed by atoms with E-state index in [9.17, 15) is 0 Å². The van der Waals surface area contributed by atoms with Crippen molar-refractivity contribution in [1.82, 2.24) is 9.80 Å². The Kier molecular flexibility index (Phi) is 9.00. The molecule has 84 valence electrons. The van der Waals surface area contributed by atoms with Crippen LogP contribution in [-0.4, -0.2) is 51.1 Å². The van der Waals surface area contributed by atoms with Gasteiger partial charge < -0.3 is 9.80 Å². The van der Waals surface area contributed by atoms with Crippen LogP contribution in [0.2, 0.25) is 0 Å². The lowest BCUT2D eigenvalue weighted by Crippen LogP contribution is -2.12. The maximum absolute atomic E-state index is 2.32. The Balaban J connectivity index is 3.12. The highest BCUT2D eigenvalue weighted by molar-refractivity contribution is 4.81. The van der Waals surface area contributed by atoms with E-state index in [2.05, 4.69) is 50.1 Å². The van der Waals surface area contributed by atoms with E-state index in [4.69, 9.17) is 0 Å². The quantitative estimate of drug-likeness (QED) is 0.436. The molecule has 0 fully saturated rings. The highest BCUT2D eigenvalue weighted by Gasteiger charge is 1.88. The molecule has 0 amide bonds. The Morgan fingerprint density at radius 3 is 1.36 bits per heavy atom. The molecule has 0 rings (SSSR count). The molecule has 0 aliphatic carbocycles. The molecule has 0 radical (unpaired) electrons. The second-order valence-corrected chi connectivity index (χ2v) is 4.36. The number of allylic oxidation sites excluding steroid dienone is 2. The van der Waals surface area contributed by atoms with E-state index < -0.39 is 0 Å². The zero-order valence-electron chi connectivity index (χ0n) is 10.3. The summed E-state index contributed by atoms with van der Waals surface area (Å²) in [6, 6.07) is 0. The van der Waals surface area contributed by atoms with E-state index in [-0.39, 0.29) is 0 Å². The smallest absolute Gasteiger partial charge is 0.00219 e. The molecule has 0 bridgehead atoms. The minimum absolute atomic E-state index is 1.20. The van der Waals surface area contributed by atoms with Crippen molar-refractivity contribution in [2.75, 3.05) is 41.3 Å². The fraction of sp³-hybridized carbons (Fsp3) is 0.833. The van der Waals surface area contributed by atoms with Gasteiger partial charge in [-0.2, -0.15) is 0 Å². The number of rotatable bonds is 8. The van der Waals surface area contributed by atoms with Crippen LogP contribution in [0.5, 0.6) is 0 Å². The molecule has 14 heavy (non-hydrogen) atoms. The van der Waals surface area contributed by atoms with Crippen LogP contribution >= 0.6 is 0 Å². The van der Waals surface area contributed by atoms with Gasteiger partial charge in [0.05, 0.1) is 0 Å². The Bertz CT molecular complexity index is 123. The van der Waals surface area contributed by atoms with Crippen molar-refractivity contribution in [3.63, 3.8) is 0 Å². The van der Waals surface area contributed by atoms with Gasteiger partial charge in [-0.25, -0.2) is 0 Å². The lowest BCUT2D eigenvalue weighted by Gasteiger charge is -2.07. The fourth-order valence-electron chi connectivity index (χ4n) is 1.29. The van der Waals surface area contributed by atoms with Crippen molar-refractivity contribution < 1.29 is 0 Å². The van der Waals surface area contributed by atoms with Crippen LogP contribution in [0.4, 0.5) is 0 Å². The molecule has 0 aromatic rings. The summed E-state index contributed by atoms with van der Waals surface area (Å²) in [5.41, 5.74) is 0. The molecule has 0 aliphatic heterocycles. The van der Waals surface area contributed by atoms with Crippen LogP contribution in [0.1, 0.15) is 25.7 Å². The standard InChI is InChI=1S/C12H26N2/c1-13(2)11-9-7-5-6-8-10-12-14(3)4/h5-6H,7-12H2,1-4H3. The van der Waals surface area contributed by atoms with Gasteiger partial charge in [0.2, 0.25) is 0 Å². The van der Waals surface area contributed by atoms with Gasteiger partial charge in [0.25, 0.3) is 0 Å². The highest BCUT2D eigenvalue weighted by atomic mass is 15.0. The number of unbranched alkanes of at least 4 members (excludes halogenated alkanes) is 2. The number of hydrogen-bond acceptors (Lipinski definition) is 2. The van der Waals surface area contributed by atoms with Crippen molar-refractivity contribution in [1.29, 1.82) is 0 Å². The van der Waals surface area contributed by atoms with Gasteiger partial charge in [-0.05, 0) is 67.0 Å². The topological polar surface area (TPSA) is 6.48 Å². The lowest BCUT2D eigenvalue weighted by atomic mass is 10.2. The van der Waals surface area contributed by atoms with Crippen molar-refractivity contribution in [2.45, 2.75) is 25.7 Å². The fourth-order valence-corrected chi connectivity index (χ4v) is 1.29. The van der Waals surface area contributed by atoms with Crippen LogP contribution in [0.25, 0.3) is 0 Å². The van der Waals surface area contributed by atoms with Crippen molar-refractivity contribution in [3.8, 4) is 0 Å². The lowest BCUT2D eigenvalue weighted by molar-refractivity contribution is 0.400. The predicted octanol–water partition coefficient (Wildman–Crippen LogP) is 2.23. The molecule has 0 spiro atoms. The van der Waals surface area contributed by atoms with Crippen LogP contribution in [-0.2, 0) is 0 Å². The molecule has 0 unspecified atom stereocenters. The summed E-state index contributed by atoms with van der Waals surface area (Å²) >= 11 is 0. The normalized spacial score (nSPS) is 12.1. The number of nitrogens with zero attached hydrogens (tertiary/aromatic N) is 2. The van der Waals surface area contributed by atoms with Gasteiger partial charge in [0, 0.05) is 0 Å². The molecule has 0 saturated carbocycles. The highest BCUT2D eigenvalue weighted by Crippen LogP contribution is 1.97. The molecule has 0 aliphatic rings. The van der Waals surface area contributed by atoms with Gasteiger partial charge >= 0.3 is 0 Å². The van der Waals surface area contributed by atoms with E-state index >= 15 is 0 Å². The molecule has 0 heterocycles. The van der Waals surface area contributed by atoms with Gasteiger partial charge in [-0.1, -0.05) is 12.2 Å². The summed E-state index contributed by atoms with van der Waals surface area (Å²) in [6.45, 7) is 2.39. The summed E-state index contributed by atoms with van der Waals surface area (Å²) in [7, 11) is 8.50. The van der Waals surface area contributed by atoms with E-state index in [0.29, 0.717) is 0 Å². The minimum Gasteiger partial charge on any atom is -0.309 e.